The van der Waals surface area contributed by atoms with E-state index in [2.05, 4.69) is 26.0 Å². The molecule has 0 saturated carbocycles. The molecule has 2 aromatic rings. The predicted octanol–water partition coefficient (Wildman–Crippen LogP) is 4.20. The fraction of sp³-hybridized carbons (Fsp3) is 0.188. The number of nitro groups is 1. The number of halogens is 3. The number of hydrogen-bond donors (Lipinski definition) is 1. The molecule has 0 radical (unpaired) electrons. The molecule has 0 atom stereocenters. The zero-order valence-electron chi connectivity index (χ0n) is 13.0. The van der Waals surface area contributed by atoms with Crippen molar-refractivity contribution in [2.45, 2.75) is 20.1 Å². The molecule has 0 saturated heterocycles. The predicted molar refractivity (Wildman–Crippen MR) is 89.8 cm³/mol. The van der Waals surface area contributed by atoms with Crippen LogP contribution in [0, 0.1) is 17.0 Å². The van der Waals surface area contributed by atoms with Gasteiger partial charge in [0.25, 0.3) is 11.6 Å². The number of alkyl halides is 2. The molecular weight excluding hydrogens is 402 g/mol. The number of rotatable bonds is 6. The minimum absolute atomic E-state index is 0.0617. The molecule has 2 rings (SSSR count). The zero-order chi connectivity index (χ0) is 18.6. The molecule has 0 spiro atoms. The van der Waals surface area contributed by atoms with E-state index < -0.39 is 17.4 Å². The Hall–Kier alpha value is -2.55. The van der Waals surface area contributed by atoms with Crippen molar-refractivity contribution in [2.75, 3.05) is 0 Å². The summed E-state index contributed by atoms with van der Waals surface area (Å²) in [5.41, 5.74) is 0.700. The molecule has 1 amide bonds. The standard InChI is InChI=1S/C16H13BrF2N2O4/c1-9-2-3-10(7-13(9)21(23)24)15(22)20-8-11-6-12(17)4-5-14(11)25-16(18)19/h2-7,16H,8H2,1H3,(H,20,22). The molecule has 9 heteroatoms. The number of ether oxygens (including phenoxy) is 1. The topological polar surface area (TPSA) is 81.5 Å². The van der Waals surface area contributed by atoms with Gasteiger partial charge in [-0.3, -0.25) is 14.9 Å². The van der Waals surface area contributed by atoms with E-state index in [9.17, 15) is 23.7 Å². The summed E-state index contributed by atoms with van der Waals surface area (Å²) in [6.45, 7) is -1.51. The highest BCUT2D eigenvalue weighted by molar-refractivity contribution is 9.10. The molecule has 1 N–H and O–H groups in total. The van der Waals surface area contributed by atoms with Crippen LogP contribution in [0.15, 0.2) is 40.9 Å². The number of aryl methyl sites for hydroxylation is 1. The summed E-state index contributed by atoms with van der Waals surface area (Å²) in [5, 5.41) is 13.5. The number of carbonyl (C=O) groups excluding carboxylic acids is 1. The molecule has 2 aromatic carbocycles. The molecule has 0 aromatic heterocycles. The number of carbonyl (C=O) groups is 1. The molecule has 0 aliphatic rings. The Morgan fingerprint density at radius 1 is 1.32 bits per heavy atom. The number of nitro benzene ring substituents is 1. The molecular formula is C16H13BrF2N2O4. The van der Waals surface area contributed by atoms with Crippen molar-refractivity contribution >= 4 is 27.5 Å². The molecule has 0 heterocycles. The van der Waals surface area contributed by atoms with Crippen molar-refractivity contribution in [3.63, 3.8) is 0 Å². The maximum Gasteiger partial charge on any atom is 0.387 e. The highest BCUT2D eigenvalue weighted by Gasteiger charge is 2.16. The first-order valence-electron chi connectivity index (χ1n) is 7.04. The Morgan fingerprint density at radius 2 is 2.04 bits per heavy atom. The number of benzene rings is 2. The summed E-state index contributed by atoms with van der Waals surface area (Å²) in [6, 6.07) is 8.52. The zero-order valence-corrected chi connectivity index (χ0v) is 14.5. The van der Waals surface area contributed by atoms with Gasteiger partial charge in [0.05, 0.1) is 4.92 Å². The van der Waals surface area contributed by atoms with E-state index in [-0.39, 0.29) is 23.5 Å². The van der Waals surface area contributed by atoms with Gasteiger partial charge >= 0.3 is 6.61 Å². The third-order valence-electron chi connectivity index (χ3n) is 3.35. The van der Waals surface area contributed by atoms with Crippen molar-refractivity contribution in [1.82, 2.24) is 5.32 Å². The van der Waals surface area contributed by atoms with Gasteiger partial charge in [-0.25, -0.2) is 0 Å². The molecule has 0 aliphatic heterocycles. The lowest BCUT2D eigenvalue weighted by molar-refractivity contribution is -0.385. The van der Waals surface area contributed by atoms with E-state index in [0.29, 0.717) is 15.6 Å². The molecule has 0 unspecified atom stereocenters. The summed E-state index contributed by atoms with van der Waals surface area (Å²) < 4.78 is 29.9. The summed E-state index contributed by atoms with van der Waals surface area (Å²) in [5.74, 6) is -0.626. The Labute approximate surface area is 150 Å². The summed E-state index contributed by atoms with van der Waals surface area (Å²) in [4.78, 5) is 22.6. The van der Waals surface area contributed by atoms with Crippen LogP contribution >= 0.6 is 15.9 Å². The van der Waals surface area contributed by atoms with Gasteiger partial charge in [0.2, 0.25) is 0 Å². The second-order valence-corrected chi connectivity index (χ2v) is 5.99. The normalized spacial score (nSPS) is 10.6. The monoisotopic (exact) mass is 414 g/mol. The maximum atomic E-state index is 12.4. The molecule has 25 heavy (non-hydrogen) atoms. The van der Waals surface area contributed by atoms with Crippen LogP contribution in [0.3, 0.4) is 0 Å². The third kappa shape index (κ3) is 4.96. The van der Waals surface area contributed by atoms with Gasteiger partial charge in [0, 0.05) is 33.8 Å². The van der Waals surface area contributed by atoms with E-state index in [4.69, 9.17) is 0 Å². The molecule has 0 bridgehead atoms. The minimum Gasteiger partial charge on any atom is -0.434 e. The van der Waals surface area contributed by atoms with Crippen LogP contribution in [-0.4, -0.2) is 17.4 Å². The summed E-state index contributed by atoms with van der Waals surface area (Å²) in [7, 11) is 0. The van der Waals surface area contributed by atoms with Crippen molar-refractivity contribution in [3.05, 3.63) is 67.7 Å². The van der Waals surface area contributed by atoms with E-state index in [1.54, 1.807) is 6.92 Å². The number of hydrogen-bond acceptors (Lipinski definition) is 4. The number of amides is 1. The highest BCUT2D eigenvalue weighted by atomic mass is 79.9. The average Bonchev–Trinajstić information content (AvgIpc) is 2.54. The summed E-state index contributed by atoms with van der Waals surface area (Å²) >= 11 is 3.22. The lowest BCUT2D eigenvalue weighted by atomic mass is 10.1. The SMILES string of the molecule is Cc1ccc(C(=O)NCc2cc(Br)ccc2OC(F)F)cc1[N+](=O)[O-]. The minimum atomic E-state index is -2.99. The summed E-state index contributed by atoms with van der Waals surface area (Å²) in [6.07, 6.45) is 0. The second-order valence-electron chi connectivity index (χ2n) is 5.07. The Balaban J connectivity index is 2.16. The Bertz CT molecular complexity index is 815. The molecule has 0 aliphatic carbocycles. The van der Waals surface area contributed by atoms with Crippen molar-refractivity contribution < 1.29 is 23.2 Å². The van der Waals surface area contributed by atoms with Gasteiger partial charge < -0.3 is 10.1 Å². The Morgan fingerprint density at radius 3 is 2.68 bits per heavy atom. The van der Waals surface area contributed by atoms with Crippen molar-refractivity contribution in [3.8, 4) is 5.75 Å². The fourth-order valence-corrected chi connectivity index (χ4v) is 2.53. The largest absolute Gasteiger partial charge is 0.434 e. The van der Waals surface area contributed by atoms with Crippen LogP contribution in [0.25, 0.3) is 0 Å². The van der Waals surface area contributed by atoms with Crippen molar-refractivity contribution in [1.29, 1.82) is 0 Å². The van der Waals surface area contributed by atoms with Crippen LogP contribution < -0.4 is 10.1 Å². The van der Waals surface area contributed by atoms with E-state index in [0.717, 1.165) is 0 Å². The van der Waals surface area contributed by atoms with Crippen LogP contribution in [0.5, 0.6) is 5.75 Å². The van der Waals surface area contributed by atoms with Gasteiger partial charge in [-0.15, -0.1) is 0 Å². The van der Waals surface area contributed by atoms with Gasteiger partial charge in [0.15, 0.2) is 0 Å². The van der Waals surface area contributed by atoms with Gasteiger partial charge in [-0.2, -0.15) is 8.78 Å². The fourth-order valence-electron chi connectivity index (χ4n) is 2.12. The first-order chi connectivity index (χ1) is 11.8. The molecule has 0 fully saturated rings. The van der Waals surface area contributed by atoms with Crippen LogP contribution in [-0.2, 0) is 6.54 Å². The maximum absolute atomic E-state index is 12.4. The second kappa shape index (κ2) is 8.02. The third-order valence-corrected chi connectivity index (χ3v) is 3.84. The van der Waals surface area contributed by atoms with Crippen LogP contribution in [0.2, 0.25) is 0 Å². The average molecular weight is 415 g/mol. The number of nitrogens with zero attached hydrogens (tertiary/aromatic N) is 1. The lowest BCUT2D eigenvalue weighted by Crippen LogP contribution is -2.23. The first-order valence-corrected chi connectivity index (χ1v) is 7.83. The smallest absolute Gasteiger partial charge is 0.387 e. The van der Waals surface area contributed by atoms with E-state index in [1.807, 2.05) is 0 Å². The van der Waals surface area contributed by atoms with E-state index >= 15 is 0 Å². The highest BCUT2D eigenvalue weighted by Crippen LogP contribution is 2.25. The molecule has 6 nitrogen and oxygen atoms in total. The lowest BCUT2D eigenvalue weighted by Gasteiger charge is -2.12. The first kappa shape index (κ1) is 18.8. The quantitative estimate of drug-likeness (QED) is 0.567. The van der Waals surface area contributed by atoms with Gasteiger partial charge in [-0.05, 0) is 31.2 Å². The van der Waals surface area contributed by atoms with Gasteiger partial charge in [-0.1, -0.05) is 22.0 Å². The van der Waals surface area contributed by atoms with E-state index in [1.165, 1.54) is 36.4 Å². The number of nitrogens with one attached hydrogen (secondary N) is 1. The van der Waals surface area contributed by atoms with Gasteiger partial charge in [0.1, 0.15) is 5.75 Å². The van der Waals surface area contributed by atoms with Crippen LogP contribution in [0.1, 0.15) is 21.5 Å². The van der Waals surface area contributed by atoms with Crippen molar-refractivity contribution in [2.24, 2.45) is 0 Å². The Kier molecular flexibility index (Phi) is 6.02. The molecule has 132 valence electrons. The van der Waals surface area contributed by atoms with Crippen LogP contribution in [0.4, 0.5) is 14.5 Å².